The molecule has 0 fully saturated rings. The Kier molecular flexibility index (Phi) is 3.98. The zero-order valence-electron chi connectivity index (χ0n) is 10.6. The van der Waals surface area contributed by atoms with Crippen molar-refractivity contribution in [1.29, 1.82) is 5.26 Å². The van der Waals surface area contributed by atoms with Crippen LogP contribution >= 0.6 is 11.6 Å². The molecular weight excluding hydrogens is 296 g/mol. The first-order valence-corrected chi connectivity index (χ1v) is 7.52. The van der Waals surface area contributed by atoms with Crippen molar-refractivity contribution in [3.63, 3.8) is 0 Å². The first-order valence-electron chi connectivity index (χ1n) is 5.70. The van der Waals surface area contributed by atoms with Gasteiger partial charge in [-0.05, 0) is 30.3 Å². The van der Waals surface area contributed by atoms with Crippen LogP contribution in [0.5, 0.6) is 0 Å². The number of nitrogens with zero attached hydrogens (tertiary/aromatic N) is 2. The SMILES string of the molecule is CN(c1ccccc1)S(=O)(=O)c1cc(C#N)ccc1Cl. The molecular formula is C14H11ClN2O2S. The molecule has 0 unspecified atom stereocenters. The molecule has 6 heteroatoms. The third-order valence-corrected chi connectivity index (χ3v) is 5.09. The summed E-state index contributed by atoms with van der Waals surface area (Å²) in [5.74, 6) is 0. The second-order valence-electron chi connectivity index (χ2n) is 4.07. The molecule has 0 saturated heterocycles. The number of hydrogen-bond donors (Lipinski definition) is 0. The van der Waals surface area contributed by atoms with Gasteiger partial charge in [0.1, 0.15) is 4.90 Å². The predicted molar refractivity (Wildman–Crippen MR) is 78.2 cm³/mol. The van der Waals surface area contributed by atoms with Gasteiger partial charge >= 0.3 is 0 Å². The van der Waals surface area contributed by atoms with E-state index in [1.165, 1.54) is 25.2 Å². The fourth-order valence-corrected chi connectivity index (χ4v) is 3.39. The molecule has 0 aliphatic rings. The van der Waals surface area contributed by atoms with E-state index in [1.807, 2.05) is 6.07 Å². The Hall–Kier alpha value is -2.03. The molecule has 2 rings (SSSR count). The minimum atomic E-state index is -3.81. The van der Waals surface area contributed by atoms with E-state index < -0.39 is 10.0 Å². The van der Waals surface area contributed by atoms with Crippen LogP contribution in [0, 0.1) is 11.3 Å². The van der Waals surface area contributed by atoms with Crippen molar-refractivity contribution >= 4 is 27.3 Å². The standard InChI is InChI=1S/C14H11ClN2O2S/c1-17(12-5-3-2-4-6-12)20(18,19)14-9-11(10-16)7-8-13(14)15/h2-9H,1H3. The average molecular weight is 307 g/mol. The number of nitriles is 1. The van der Waals surface area contributed by atoms with Crippen LogP contribution < -0.4 is 4.31 Å². The third-order valence-electron chi connectivity index (χ3n) is 2.82. The average Bonchev–Trinajstić information content (AvgIpc) is 2.47. The number of rotatable bonds is 3. The van der Waals surface area contributed by atoms with E-state index in [0.717, 1.165) is 4.31 Å². The first kappa shape index (κ1) is 14.4. The maximum absolute atomic E-state index is 12.6. The van der Waals surface area contributed by atoms with Crippen molar-refractivity contribution in [1.82, 2.24) is 0 Å². The summed E-state index contributed by atoms with van der Waals surface area (Å²) in [4.78, 5) is -0.0791. The molecule has 0 N–H and O–H groups in total. The fourth-order valence-electron chi connectivity index (χ4n) is 1.69. The van der Waals surface area contributed by atoms with Crippen LogP contribution in [0.1, 0.15) is 5.56 Å². The highest BCUT2D eigenvalue weighted by atomic mass is 35.5. The summed E-state index contributed by atoms with van der Waals surface area (Å²) in [5.41, 5.74) is 0.764. The third kappa shape index (κ3) is 2.62. The van der Waals surface area contributed by atoms with Gasteiger partial charge in [-0.25, -0.2) is 8.42 Å². The van der Waals surface area contributed by atoms with E-state index in [4.69, 9.17) is 16.9 Å². The lowest BCUT2D eigenvalue weighted by Gasteiger charge is -2.20. The molecule has 0 heterocycles. The summed E-state index contributed by atoms with van der Waals surface area (Å²) in [5, 5.41) is 8.96. The highest BCUT2D eigenvalue weighted by molar-refractivity contribution is 7.93. The lowest BCUT2D eigenvalue weighted by molar-refractivity contribution is 0.594. The van der Waals surface area contributed by atoms with Gasteiger partial charge < -0.3 is 0 Å². The van der Waals surface area contributed by atoms with Crippen LogP contribution in [0.3, 0.4) is 0 Å². The Labute approximate surface area is 122 Å². The van der Waals surface area contributed by atoms with Gasteiger partial charge in [-0.2, -0.15) is 5.26 Å². The van der Waals surface area contributed by atoms with E-state index in [0.29, 0.717) is 5.69 Å². The largest absolute Gasteiger partial charge is 0.269 e. The van der Waals surface area contributed by atoms with Gasteiger partial charge in [0.15, 0.2) is 0 Å². The number of sulfonamides is 1. The Bertz CT molecular complexity index is 768. The van der Waals surface area contributed by atoms with Crippen molar-refractivity contribution in [3.8, 4) is 6.07 Å². The minimum absolute atomic E-state index is 0.0791. The summed E-state index contributed by atoms with van der Waals surface area (Å²) in [7, 11) is -2.36. The van der Waals surface area contributed by atoms with Crippen LogP contribution in [-0.4, -0.2) is 15.5 Å². The van der Waals surface area contributed by atoms with Crippen LogP contribution in [0.15, 0.2) is 53.4 Å². The second kappa shape index (κ2) is 5.53. The van der Waals surface area contributed by atoms with Gasteiger partial charge in [0.25, 0.3) is 10.0 Å². The zero-order valence-corrected chi connectivity index (χ0v) is 12.2. The molecule has 0 aliphatic carbocycles. The molecule has 0 spiro atoms. The van der Waals surface area contributed by atoms with E-state index in [1.54, 1.807) is 30.3 Å². The topological polar surface area (TPSA) is 61.2 Å². The zero-order chi connectivity index (χ0) is 14.8. The maximum atomic E-state index is 12.6. The smallest absolute Gasteiger partial charge is 0.265 e. The molecule has 0 bridgehead atoms. The Morgan fingerprint density at radius 1 is 1.15 bits per heavy atom. The van der Waals surface area contributed by atoms with E-state index in [9.17, 15) is 8.42 Å². The molecule has 0 aromatic heterocycles. The number of halogens is 1. The van der Waals surface area contributed by atoms with Gasteiger partial charge in [0, 0.05) is 7.05 Å². The molecule has 0 aliphatic heterocycles. The molecule has 0 radical (unpaired) electrons. The molecule has 0 saturated carbocycles. The lowest BCUT2D eigenvalue weighted by atomic mass is 10.2. The van der Waals surface area contributed by atoms with Crippen molar-refractivity contribution in [3.05, 3.63) is 59.1 Å². The molecule has 0 atom stereocenters. The second-order valence-corrected chi connectivity index (χ2v) is 6.41. The van der Waals surface area contributed by atoms with E-state index in [-0.39, 0.29) is 15.5 Å². The Morgan fingerprint density at radius 3 is 2.40 bits per heavy atom. The van der Waals surface area contributed by atoms with Crippen LogP contribution in [0.2, 0.25) is 5.02 Å². The first-order chi connectivity index (χ1) is 9.46. The number of para-hydroxylation sites is 1. The van der Waals surface area contributed by atoms with Gasteiger partial charge in [0.2, 0.25) is 0 Å². The molecule has 0 amide bonds. The van der Waals surface area contributed by atoms with Crippen molar-refractivity contribution < 1.29 is 8.42 Å². The van der Waals surface area contributed by atoms with Crippen LogP contribution in [-0.2, 0) is 10.0 Å². The number of hydrogen-bond acceptors (Lipinski definition) is 3. The van der Waals surface area contributed by atoms with Crippen molar-refractivity contribution in [2.45, 2.75) is 4.90 Å². The maximum Gasteiger partial charge on any atom is 0.265 e. The summed E-state index contributed by atoms with van der Waals surface area (Å²) < 4.78 is 26.2. The highest BCUT2D eigenvalue weighted by Gasteiger charge is 2.24. The van der Waals surface area contributed by atoms with Crippen molar-refractivity contribution in [2.75, 3.05) is 11.4 Å². The van der Waals surface area contributed by atoms with Gasteiger partial charge in [-0.15, -0.1) is 0 Å². The number of benzene rings is 2. The summed E-state index contributed by atoms with van der Waals surface area (Å²) in [6.45, 7) is 0. The van der Waals surface area contributed by atoms with Gasteiger partial charge in [-0.1, -0.05) is 29.8 Å². The fraction of sp³-hybridized carbons (Fsp3) is 0.0714. The summed E-state index contributed by atoms with van der Waals surface area (Å²) in [6, 6.07) is 14.7. The van der Waals surface area contributed by atoms with Gasteiger partial charge in [0.05, 0.1) is 22.3 Å². The van der Waals surface area contributed by atoms with E-state index >= 15 is 0 Å². The Morgan fingerprint density at radius 2 is 1.80 bits per heavy atom. The molecule has 20 heavy (non-hydrogen) atoms. The quantitative estimate of drug-likeness (QED) is 0.875. The normalized spacial score (nSPS) is 10.8. The molecule has 2 aromatic carbocycles. The molecule has 4 nitrogen and oxygen atoms in total. The van der Waals surface area contributed by atoms with Crippen LogP contribution in [0.4, 0.5) is 5.69 Å². The van der Waals surface area contributed by atoms with Gasteiger partial charge in [-0.3, -0.25) is 4.31 Å². The lowest BCUT2D eigenvalue weighted by Crippen LogP contribution is -2.26. The van der Waals surface area contributed by atoms with Crippen LogP contribution in [0.25, 0.3) is 0 Å². The predicted octanol–water partition coefficient (Wildman–Crippen LogP) is 3.04. The molecule has 102 valence electrons. The summed E-state index contributed by atoms with van der Waals surface area (Å²) >= 11 is 5.95. The highest BCUT2D eigenvalue weighted by Crippen LogP contribution is 2.28. The number of anilines is 1. The summed E-state index contributed by atoms with van der Waals surface area (Å²) in [6.07, 6.45) is 0. The Balaban J connectivity index is 2.54. The monoisotopic (exact) mass is 306 g/mol. The van der Waals surface area contributed by atoms with Crippen molar-refractivity contribution in [2.24, 2.45) is 0 Å². The minimum Gasteiger partial charge on any atom is -0.269 e. The molecule has 2 aromatic rings. The van der Waals surface area contributed by atoms with E-state index in [2.05, 4.69) is 0 Å².